The maximum atomic E-state index is 5.97. The third-order valence-corrected chi connectivity index (χ3v) is 4.90. The zero-order valence-electron chi connectivity index (χ0n) is 17.1. The van der Waals surface area contributed by atoms with Crippen molar-refractivity contribution in [1.29, 1.82) is 0 Å². The largest absolute Gasteiger partial charge is 0.491 e. The minimum atomic E-state index is 0.547. The summed E-state index contributed by atoms with van der Waals surface area (Å²) in [4.78, 5) is 0. The summed E-state index contributed by atoms with van der Waals surface area (Å²) in [6, 6.07) is 6.09. The molecule has 27 heavy (non-hydrogen) atoms. The normalized spacial score (nSPS) is 15.0. The lowest BCUT2D eigenvalue weighted by Gasteiger charge is -2.22. The Kier molecular flexibility index (Phi) is 11.2. The lowest BCUT2D eigenvalue weighted by molar-refractivity contribution is 0.107. The van der Waals surface area contributed by atoms with Crippen LogP contribution in [-0.4, -0.2) is 46.2 Å². The van der Waals surface area contributed by atoms with Gasteiger partial charge in [0.1, 0.15) is 24.7 Å². The molecule has 1 aromatic carbocycles. The van der Waals surface area contributed by atoms with Gasteiger partial charge >= 0.3 is 0 Å². The summed E-state index contributed by atoms with van der Waals surface area (Å²) in [5.74, 6) is 2.51. The minimum Gasteiger partial charge on any atom is -0.491 e. The molecule has 0 unspecified atom stereocenters. The fraction of sp³-hybridized carbons (Fsp3) is 0.727. The smallest absolute Gasteiger partial charge is 0.127 e. The Morgan fingerprint density at radius 2 is 1.59 bits per heavy atom. The number of nitrogens with one attached hydrogen (secondary N) is 1. The highest BCUT2D eigenvalue weighted by atomic mass is 16.5. The number of rotatable bonds is 14. The van der Waals surface area contributed by atoms with Crippen molar-refractivity contribution < 1.29 is 18.9 Å². The average molecular weight is 380 g/mol. The van der Waals surface area contributed by atoms with Crippen molar-refractivity contribution in [1.82, 2.24) is 5.32 Å². The summed E-state index contributed by atoms with van der Waals surface area (Å²) in [5.41, 5.74) is 1.17. The minimum absolute atomic E-state index is 0.547. The predicted octanol–water partition coefficient (Wildman–Crippen LogP) is 4.19. The van der Waals surface area contributed by atoms with Gasteiger partial charge in [-0.25, -0.2) is 0 Å². The van der Waals surface area contributed by atoms with Crippen LogP contribution in [0.4, 0.5) is 0 Å². The van der Waals surface area contributed by atoms with Gasteiger partial charge < -0.3 is 24.3 Å². The zero-order valence-corrected chi connectivity index (χ0v) is 17.1. The van der Waals surface area contributed by atoms with E-state index in [0.717, 1.165) is 30.5 Å². The van der Waals surface area contributed by atoms with Crippen molar-refractivity contribution in [3.8, 4) is 11.5 Å². The standard InChI is InChI=1S/C22H37NO4/c1-3-24-12-14-26-21-11-10-20(22(16-21)27-15-13-25-4-2)18-23-17-19-8-6-5-7-9-19/h10-11,16,19,23H,3-9,12-15,17-18H2,1-2H3. The van der Waals surface area contributed by atoms with Gasteiger partial charge in [0.15, 0.2) is 0 Å². The molecule has 1 N–H and O–H groups in total. The monoisotopic (exact) mass is 379 g/mol. The van der Waals surface area contributed by atoms with Crippen LogP contribution in [0.5, 0.6) is 11.5 Å². The molecule has 1 fully saturated rings. The van der Waals surface area contributed by atoms with E-state index in [0.29, 0.717) is 39.6 Å². The Morgan fingerprint density at radius 1 is 0.889 bits per heavy atom. The van der Waals surface area contributed by atoms with E-state index in [1.54, 1.807) is 0 Å². The number of benzene rings is 1. The van der Waals surface area contributed by atoms with Gasteiger partial charge in [0, 0.05) is 31.4 Å². The molecule has 0 radical (unpaired) electrons. The summed E-state index contributed by atoms with van der Waals surface area (Å²) in [6.07, 6.45) is 6.88. The van der Waals surface area contributed by atoms with Gasteiger partial charge in [0.25, 0.3) is 0 Å². The van der Waals surface area contributed by atoms with E-state index in [9.17, 15) is 0 Å². The first-order valence-electron chi connectivity index (χ1n) is 10.6. The van der Waals surface area contributed by atoms with Crippen LogP contribution in [0.25, 0.3) is 0 Å². The fourth-order valence-electron chi connectivity index (χ4n) is 3.42. The summed E-state index contributed by atoms with van der Waals surface area (Å²) >= 11 is 0. The molecule has 5 nitrogen and oxygen atoms in total. The molecule has 0 atom stereocenters. The predicted molar refractivity (Wildman–Crippen MR) is 109 cm³/mol. The molecule has 5 heteroatoms. The second kappa shape index (κ2) is 13.8. The third kappa shape index (κ3) is 8.96. The number of hydrogen-bond donors (Lipinski definition) is 1. The summed E-state index contributed by atoms with van der Waals surface area (Å²) < 4.78 is 22.5. The molecule has 0 heterocycles. The van der Waals surface area contributed by atoms with Crippen molar-refractivity contribution in [3.63, 3.8) is 0 Å². The van der Waals surface area contributed by atoms with Crippen LogP contribution in [0.1, 0.15) is 51.5 Å². The van der Waals surface area contributed by atoms with Gasteiger partial charge in [-0.1, -0.05) is 25.3 Å². The van der Waals surface area contributed by atoms with Gasteiger partial charge in [0.05, 0.1) is 13.2 Å². The SMILES string of the molecule is CCOCCOc1ccc(CNCC2CCCCC2)c(OCCOCC)c1. The molecule has 154 valence electrons. The van der Waals surface area contributed by atoms with Crippen LogP contribution in [-0.2, 0) is 16.0 Å². The molecule has 0 saturated heterocycles. The van der Waals surface area contributed by atoms with E-state index in [1.165, 1.54) is 37.7 Å². The lowest BCUT2D eigenvalue weighted by Crippen LogP contribution is -2.24. The summed E-state index contributed by atoms with van der Waals surface area (Å²) in [5, 5.41) is 3.62. The molecule has 0 spiro atoms. The molecular formula is C22H37NO4. The zero-order chi connectivity index (χ0) is 19.2. The molecule has 2 rings (SSSR count). The molecule has 1 saturated carbocycles. The van der Waals surface area contributed by atoms with E-state index < -0.39 is 0 Å². The maximum absolute atomic E-state index is 5.97. The van der Waals surface area contributed by atoms with Gasteiger partial charge in [-0.05, 0) is 45.2 Å². The molecule has 1 aliphatic rings. The second-order valence-electron chi connectivity index (χ2n) is 7.00. The maximum Gasteiger partial charge on any atom is 0.127 e. The highest BCUT2D eigenvalue weighted by Gasteiger charge is 2.13. The van der Waals surface area contributed by atoms with Crippen LogP contribution in [0.2, 0.25) is 0 Å². The molecule has 1 aliphatic carbocycles. The Hall–Kier alpha value is -1.30. The number of ether oxygens (including phenoxy) is 4. The molecule has 0 aliphatic heterocycles. The fourth-order valence-corrected chi connectivity index (χ4v) is 3.42. The van der Waals surface area contributed by atoms with Crippen molar-refractivity contribution >= 4 is 0 Å². The van der Waals surface area contributed by atoms with Crippen LogP contribution in [0.15, 0.2) is 18.2 Å². The van der Waals surface area contributed by atoms with Gasteiger partial charge in [-0.15, -0.1) is 0 Å². The van der Waals surface area contributed by atoms with E-state index in [-0.39, 0.29) is 0 Å². The van der Waals surface area contributed by atoms with Crippen LogP contribution in [0, 0.1) is 5.92 Å². The number of hydrogen-bond acceptors (Lipinski definition) is 5. The van der Waals surface area contributed by atoms with Gasteiger partial charge in [-0.2, -0.15) is 0 Å². The highest BCUT2D eigenvalue weighted by Crippen LogP contribution is 2.26. The molecule has 1 aromatic rings. The van der Waals surface area contributed by atoms with Crippen LogP contribution in [0.3, 0.4) is 0 Å². The first-order valence-corrected chi connectivity index (χ1v) is 10.6. The average Bonchev–Trinajstić information content (AvgIpc) is 2.71. The van der Waals surface area contributed by atoms with Crippen LogP contribution < -0.4 is 14.8 Å². The van der Waals surface area contributed by atoms with E-state index >= 15 is 0 Å². The van der Waals surface area contributed by atoms with E-state index in [1.807, 2.05) is 26.0 Å². The third-order valence-electron chi connectivity index (χ3n) is 4.90. The highest BCUT2D eigenvalue weighted by molar-refractivity contribution is 5.40. The van der Waals surface area contributed by atoms with Crippen molar-refractivity contribution in [3.05, 3.63) is 23.8 Å². The van der Waals surface area contributed by atoms with Crippen molar-refractivity contribution in [2.24, 2.45) is 5.92 Å². The molecule has 0 bridgehead atoms. The Morgan fingerprint density at radius 3 is 2.30 bits per heavy atom. The lowest BCUT2D eigenvalue weighted by atomic mass is 9.89. The topological polar surface area (TPSA) is 49.0 Å². The molecule has 0 amide bonds. The van der Waals surface area contributed by atoms with E-state index in [2.05, 4.69) is 11.4 Å². The Balaban J connectivity index is 1.86. The van der Waals surface area contributed by atoms with Crippen molar-refractivity contribution in [2.75, 3.05) is 46.2 Å². The Labute approximate surface area is 164 Å². The molecule has 0 aromatic heterocycles. The van der Waals surface area contributed by atoms with E-state index in [4.69, 9.17) is 18.9 Å². The summed E-state index contributed by atoms with van der Waals surface area (Å²) in [7, 11) is 0. The Bertz CT molecular complexity index is 503. The second-order valence-corrected chi connectivity index (χ2v) is 7.00. The quantitative estimate of drug-likeness (QED) is 0.491. The van der Waals surface area contributed by atoms with Gasteiger partial charge in [-0.3, -0.25) is 0 Å². The molecular weight excluding hydrogens is 342 g/mol. The summed E-state index contributed by atoms with van der Waals surface area (Å²) in [6.45, 7) is 9.60. The van der Waals surface area contributed by atoms with Crippen molar-refractivity contribution in [2.45, 2.75) is 52.5 Å². The van der Waals surface area contributed by atoms with Gasteiger partial charge in [0.2, 0.25) is 0 Å². The first-order chi connectivity index (χ1) is 13.3. The van der Waals surface area contributed by atoms with Crippen LogP contribution >= 0.6 is 0 Å². The first kappa shape index (κ1) is 22.0.